The fraction of sp³-hybridized carbons (Fsp3) is 0.385. The zero-order chi connectivity index (χ0) is 14.3. The lowest BCUT2D eigenvalue weighted by molar-refractivity contribution is -0.143. The molecule has 1 aromatic carbocycles. The van der Waals surface area contributed by atoms with E-state index in [-0.39, 0.29) is 18.4 Å². The van der Waals surface area contributed by atoms with Crippen molar-refractivity contribution in [2.45, 2.75) is 13.3 Å². The Bertz CT molecular complexity index is 431. The smallest absolute Gasteiger partial charge is 0.321 e. The minimum Gasteiger partial charge on any atom is -0.466 e. The van der Waals surface area contributed by atoms with Gasteiger partial charge in [0, 0.05) is 25.0 Å². The number of hydrogen-bond acceptors (Lipinski definition) is 4. The highest BCUT2D eigenvalue weighted by Crippen LogP contribution is 2.11. The Morgan fingerprint density at radius 2 is 1.95 bits per heavy atom. The van der Waals surface area contributed by atoms with Gasteiger partial charge in [-0.2, -0.15) is 0 Å². The van der Waals surface area contributed by atoms with E-state index < -0.39 is 0 Å². The van der Waals surface area contributed by atoms with Crippen molar-refractivity contribution in [2.24, 2.45) is 0 Å². The number of carbonyl (C=O) groups is 2. The molecule has 0 unspecified atom stereocenters. The van der Waals surface area contributed by atoms with Crippen molar-refractivity contribution in [3.8, 4) is 0 Å². The van der Waals surface area contributed by atoms with Gasteiger partial charge in [0.2, 0.25) is 0 Å². The molecule has 0 bridgehead atoms. The predicted octanol–water partition coefficient (Wildman–Crippen LogP) is 1.69. The van der Waals surface area contributed by atoms with Crippen LogP contribution in [0, 0.1) is 0 Å². The fourth-order valence-corrected chi connectivity index (χ4v) is 1.38. The van der Waals surface area contributed by atoms with Crippen LogP contribution in [-0.2, 0) is 9.53 Å². The Labute approximate surface area is 112 Å². The molecule has 0 aliphatic carbocycles. The van der Waals surface area contributed by atoms with Crippen LogP contribution in [0.2, 0.25) is 0 Å². The van der Waals surface area contributed by atoms with Crippen molar-refractivity contribution in [3.63, 3.8) is 0 Å². The minimum atomic E-state index is -0.311. The second-order valence-corrected chi connectivity index (χ2v) is 4.03. The third-order valence-electron chi connectivity index (χ3n) is 2.47. The zero-order valence-electron chi connectivity index (χ0n) is 11.2. The molecule has 1 rings (SSSR count). The summed E-state index contributed by atoms with van der Waals surface area (Å²) < 4.78 is 4.79. The van der Waals surface area contributed by atoms with Crippen LogP contribution in [0.4, 0.5) is 16.2 Å². The van der Waals surface area contributed by atoms with E-state index in [1.807, 2.05) is 0 Å². The summed E-state index contributed by atoms with van der Waals surface area (Å²) in [5, 5.41) is 2.70. The number of nitrogens with one attached hydrogen (secondary N) is 1. The van der Waals surface area contributed by atoms with Crippen molar-refractivity contribution in [2.75, 3.05) is 31.2 Å². The first kappa shape index (κ1) is 14.8. The van der Waals surface area contributed by atoms with Crippen LogP contribution in [-0.4, -0.2) is 37.1 Å². The van der Waals surface area contributed by atoms with Crippen LogP contribution >= 0.6 is 0 Å². The Morgan fingerprint density at radius 1 is 1.32 bits per heavy atom. The number of anilines is 2. The van der Waals surface area contributed by atoms with Gasteiger partial charge in [0.05, 0.1) is 13.0 Å². The van der Waals surface area contributed by atoms with E-state index in [1.54, 1.807) is 38.2 Å². The third-order valence-corrected chi connectivity index (χ3v) is 2.47. The molecule has 3 N–H and O–H groups in total. The molecule has 0 saturated carbocycles. The van der Waals surface area contributed by atoms with Gasteiger partial charge in [-0.05, 0) is 31.2 Å². The summed E-state index contributed by atoms with van der Waals surface area (Å²) in [5.74, 6) is -0.311. The first-order valence-electron chi connectivity index (χ1n) is 6.06. The number of ether oxygens (including phenoxy) is 1. The standard InChI is InChI=1S/C13H19N3O3/c1-3-19-12(17)8-9-16(2)13(18)15-11-6-4-10(14)5-7-11/h4-7H,3,8-9,14H2,1-2H3,(H,15,18). The number of carbonyl (C=O) groups excluding carboxylic acids is 2. The van der Waals surface area contributed by atoms with Gasteiger partial charge >= 0.3 is 12.0 Å². The Morgan fingerprint density at radius 3 is 2.53 bits per heavy atom. The molecule has 104 valence electrons. The van der Waals surface area contributed by atoms with Crippen molar-refractivity contribution < 1.29 is 14.3 Å². The predicted molar refractivity (Wildman–Crippen MR) is 73.8 cm³/mol. The largest absolute Gasteiger partial charge is 0.466 e. The number of esters is 1. The number of rotatable bonds is 5. The maximum atomic E-state index is 11.8. The monoisotopic (exact) mass is 265 g/mol. The maximum Gasteiger partial charge on any atom is 0.321 e. The van der Waals surface area contributed by atoms with E-state index in [0.29, 0.717) is 24.5 Å². The van der Waals surface area contributed by atoms with Gasteiger partial charge in [-0.25, -0.2) is 4.79 Å². The molecule has 2 amide bonds. The highest BCUT2D eigenvalue weighted by atomic mass is 16.5. The summed E-state index contributed by atoms with van der Waals surface area (Å²) in [4.78, 5) is 24.4. The van der Waals surface area contributed by atoms with Crippen LogP contribution in [0.1, 0.15) is 13.3 Å². The van der Waals surface area contributed by atoms with Gasteiger partial charge < -0.3 is 20.7 Å². The minimum absolute atomic E-state index is 0.180. The van der Waals surface area contributed by atoms with Gasteiger partial charge in [-0.1, -0.05) is 0 Å². The fourth-order valence-electron chi connectivity index (χ4n) is 1.38. The quantitative estimate of drug-likeness (QED) is 0.626. The normalized spacial score (nSPS) is 9.79. The third kappa shape index (κ3) is 5.29. The molecule has 0 spiro atoms. The highest BCUT2D eigenvalue weighted by molar-refractivity contribution is 5.89. The molecule has 0 radical (unpaired) electrons. The van der Waals surface area contributed by atoms with E-state index in [1.165, 1.54) is 4.90 Å². The first-order chi connectivity index (χ1) is 9.02. The summed E-state index contributed by atoms with van der Waals surface area (Å²) in [7, 11) is 1.62. The number of urea groups is 1. The molecule has 0 saturated heterocycles. The van der Waals surface area contributed by atoms with Crippen molar-refractivity contribution >= 4 is 23.4 Å². The molecule has 0 aliphatic heterocycles. The van der Waals surface area contributed by atoms with Crippen LogP contribution < -0.4 is 11.1 Å². The summed E-state index contributed by atoms with van der Waals surface area (Å²) in [6.07, 6.45) is 0.180. The number of nitrogens with two attached hydrogens (primary N) is 1. The summed E-state index contributed by atoms with van der Waals surface area (Å²) in [6, 6.07) is 6.55. The van der Waals surface area contributed by atoms with Gasteiger partial charge in [0.1, 0.15) is 0 Å². The van der Waals surface area contributed by atoms with E-state index >= 15 is 0 Å². The summed E-state index contributed by atoms with van der Waals surface area (Å²) in [6.45, 7) is 2.40. The molecule has 0 fully saturated rings. The Balaban J connectivity index is 2.40. The highest BCUT2D eigenvalue weighted by Gasteiger charge is 2.11. The second kappa shape index (κ2) is 7.25. The molecule has 0 aliphatic rings. The molecule has 0 atom stereocenters. The van der Waals surface area contributed by atoms with Crippen LogP contribution in [0.15, 0.2) is 24.3 Å². The van der Waals surface area contributed by atoms with Gasteiger partial charge in [0.15, 0.2) is 0 Å². The second-order valence-electron chi connectivity index (χ2n) is 4.03. The Kier molecular flexibility index (Phi) is 5.66. The molecule has 6 nitrogen and oxygen atoms in total. The van der Waals surface area contributed by atoms with Gasteiger partial charge in [0.25, 0.3) is 0 Å². The molecule has 0 aromatic heterocycles. The van der Waals surface area contributed by atoms with E-state index in [4.69, 9.17) is 10.5 Å². The lowest BCUT2D eigenvalue weighted by Gasteiger charge is -2.17. The van der Waals surface area contributed by atoms with Gasteiger partial charge in [-0.3, -0.25) is 4.79 Å². The SMILES string of the molecule is CCOC(=O)CCN(C)C(=O)Nc1ccc(N)cc1. The molecule has 6 heteroatoms. The molecular formula is C13H19N3O3. The van der Waals surface area contributed by atoms with Crippen LogP contribution in [0.5, 0.6) is 0 Å². The number of benzene rings is 1. The summed E-state index contributed by atoms with van der Waals surface area (Å²) >= 11 is 0. The number of amides is 2. The molecule has 1 aromatic rings. The average molecular weight is 265 g/mol. The number of nitrogen functional groups attached to an aromatic ring is 1. The van der Waals surface area contributed by atoms with Crippen LogP contribution in [0.3, 0.4) is 0 Å². The lowest BCUT2D eigenvalue weighted by Crippen LogP contribution is -2.33. The van der Waals surface area contributed by atoms with E-state index in [0.717, 1.165) is 0 Å². The zero-order valence-corrected chi connectivity index (χ0v) is 11.2. The number of nitrogens with zero attached hydrogens (tertiary/aromatic N) is 1. The lowest BCUT2D eigenvalue weighted by atomic mass is 10.3. The topological polar surface area (TPSA) is 84.7 Å². The Hall–Kier alpha value is -2.24. The molecule has 19 heavy (non-hydrogen) atoms. The van der Waals surface area contributed by atoms with E-state index in [2.05, 4.69) is 5.32 Å². The average Bonchev–Trinajstić information content (AvgIpc) is 2.39. The van der Waals surface area contributed by atoms with Crippen molar-refractivity contribution in [1.29, 1.82) is 0 Å². The molecule has 0 heterocycles. The van der Waals surface area contributed by atoms with Crippen molar-refractivity contribution in [1.82, 2.24) is 4.90 Å². The summed E-state index contributed by atoms with van der Waals surface area (Å²) in [5.41, 5.74) is 6.84. The number of hydrogen-bond donors (Lipinski definition) is 2. The first-order valence-corrected chi connectivity index (χ1v) is 6.06. The maximum absolute atomic E-state index is 11.8. The van der Waals surface area contributed by atoms with Crippen molar-refractivity contribution in [3.05, 3.63) is 24.3 Å². The van der Waals surface area contributed by atoms with Gasteiger partial charge in [-0.15, -0.1) is 0 Å². The van der Waals surface area contributed by atoms with Crippen LogP contribution in [0.25, 0.3) is 0 Å². The molecular weight excluding hydrogens is 246 g/mol. The van der Waals surface area contributed by atoms with E-state index in [9.17, 15) is 9.59 Å².